The fraction of sp³-hybridized carbons (Fsp3) is 0.909. The van der Waals surface area contributed by atoms with E-state index < -0.39 is 0 Å². The summed E-state index contributed by atoms with van der Waals surface area (Å²) in [5.41, 5.74) is 0.190. The van der Waals surface area contributed by atoms with E-state index in [-0.39, 0.29) is 5.41 Å². The second-order valence-corrected chi connectivity index (χ2v) is 4.44. The maximum absolute atomic E-state index is 5.40. The van der Waals surface area contributed by atoms with E-state index in [1.165, 1.54) is 0 Å². The number of nitrogens with zero attached hydrogens (tertiary/aromatic N) is 1. The van der Waals surface area contributed by atoms with Crippen LogP contribution in [0, 0.1) is 5.41 Å². The van der Waals surface area contributed by atoms with E-state index in [0.29, 0.717) is 0 Å². The molecule has 0 atom stereocenters. The lowest BCUT2D eigenvalue weighted by molar-refractivity contribution is 0.0502. The quantitative estimate of drug-likeness (QED) is 0.700. The van der Waals surface area contributed by atoms with Crippen molar-refractivity contribution < 1.29 is 9.47 Å². The maximum Gasteiger partial charge on any atom is 0.103 e. The van der Waals surface area contributed by atoms with Gasteiger partial charge in [-0.1, -0.05) is 6.92 Å². The van der Waals surface area contributed by atoms with Crippen LogP contribution >= 0.6 is 0 Å². The van der Waals surface area contributed by atoms with Gasteiger partial charge in [-0.2, -0.15) is 0 Å². The summed E-state index contributed by atoms with van der Waals surface area (Å²) in [5.74, 6) is 1.16. The van der Waals surface area contributed by atoms with Crippen LogP contribution in [-0.2, 0) is 9.47 Å². The molecule has 2 aliphatic heterocycles. The summed E-state index contributed by atoms with van der Waals surface area (Å²) in [6.07, 6.45) is 2.14. The van der Waals surface area contributed by atoms with Crippen LogP contribution in [0.15, 0.2) is 4.99 Å². The predicted octanol–water partition coefficient (Wildman–Crippen LogP) is 0.821. The van der Waals surface area contributed by atoms with E-state index in [4.69, 9.17) is 9.47 Å². The van der Waals surface area contributed by atoms with Gasteiger partial charge in [0.25, 0.3) is 0 Å². The molecule has 0 amide bonds. The van der Waals surface area contributed by atoms with Crippen molar-refractivity contribution in [2.75, 3.05) is 39.5 Å². The Bertz CT molecular complexity index is 235. The largest absolute Gasteiger partial charge is 0.381 e. The molecule has 4 nitrogen and oxygen atoms in total. The Balaban J connectivity index is 2.04. The molecule has 86 valence electrons. The zero-order valence-corrected chi connectivity index (χ0v) is 9.42. The van der Waals surface area contributed by atoms with Crippen molar-refractivity contribution in [1.82, 2.24) is 5.32 Å². The SMILES string of the molecule is CC1(C2=NCCOCCN2)CCOCC1. The Morgan fingerprint density at radius 3 is 2.67 bits per heavy atom. The van der Waals surface area contributed by atoms with Crippen molar-refractivity contribution in [1.29, 1.82) is 0 Å². The van der Waals surface area contributed by atoms with Gasteiger partial charge in [-0.3, -0.25) is 4.99 Å². The predicted molar refractivity (Wildman–Crippen MR) is 59.3 cm³/mol. The first-order chi connectivity index (χ1) is 7.31. The average Bonchev–Trinajstić information content (AvgIpc) is 2.17. The molecule has 0 bridgehead atoms. The zero-order valence-electron chi connectivity index (χ0n) is 9.42. The molecule has 0 radical (unpaired) electrons. The van der Waals surface area contributed by atoms with Gasteiger partial charge >= 0.3 is 0 Å². The fourth-order valence-corrected chi connectivity index (χ4v) is 2.08. The summed E-state index contributed by atoms with van der Waals surface area (Å²) < 4.78 is 10.8. The fourth-order valence-electron chi connectivity index (χ4n) is 2.08. The van der Waals surface area contributed by atoms with Crippen molar-refractivity contribution in [3.8, 4) is 0 Å². The third-order valence-electron chi connectivity index (χ3n) is 3.21. The van der Waals surface area contributed by atoms with Crippen molar-refractivity contribution in [2.24, 2.45) is 10.4 Å². The first-order valence-corrected chi connectivity index (χ1v) is 5.76. The standard InChI is InChI=1S/C11H20N2O2/c1-11(2-6-14-7-3-11)10-12-4-8-15-9-5-13-10/h2-9H2,1H3,(H,12,13). The van der Waals surface area contributed by atoms with Gasteiger partial charge in [-0.15, -0.1) is 0 Å². The Labute approximate surface area is 91.0 Å². The van der Waals surface area contributed by atoms with E-state index in [0.717, 1.165) is 58.2 Å². The molecule has 1 saturated heterocycles. The summed E-state index contributed by atoms with van der Waals surface area (Å²) in [5, 5.41) is 3.40. The monoisotopic (exact) mass is 212 g/mol. The minimum absolute atomic E-state index is 0.190. The molecule has 2 rings (SSSR count). The first-order valence-electron chi connectivity index (χ1n) is 5.76. The van der Waals surface area contributed by atoms with Gasteiger partial charge in [0.2, 0.25) is 0 Å². The van der Waals surface area contributed by atoms with Crippen molar-refractivity contribution >= 4 is 5.84 Å². The highest BCUT2D eigenvalue weighted by atomic mass is 16.5. The van der Waals surface area contributed by atoms with Gasteiger partial charge < -0.3 is 14.8 Å². The molecular formula is C11H20N2O2. The summed E-state index contributed by atoms with van der Waals surface area (Å²) in [7, 11) is 0. The molecule has 0 aliphatic carbocycles. The molecule has 2 heterocycles. The smallest absolute Gasteiger partial charge is 0.103 e. The lowest BCUT2D eigenvalue weighted by Crippen LogP contribution is -2.44. The molecule has 2 aliphatic rings. The highest BCUT2D eigenvalue weighted by Crippen LogP contribution is 2.30. The Hall–Kier alpha value is -0.610. The molecule has 0 saturated carbocycles. The Morgan fingerprint density at radius 2 is 1.87 bits per heavy atom. The van der Waals surface area contributed by atoms with Crippen LogP contribution < -0.4 is 5.32 Å². The van der Waals surface area contributed by atoms with E-state index in [9.17, 15) is 0 Å². The van der Waals surface area contributed by atoms with Crippen molar-refractivity contribution in [2.45, 2.75) is 19.8 Å². The molecule has 0 spiro atoms. The number of ether oxygens (including phenoxy) is 2. The maximum atomic E-state index is 5.40. The third-order valence-corrected chi connectivity index (χ3v) is 3.21. The molecule has 0 aromatic rings. The van der Waals surface area contributed by atoms with Crippen LogP contribution in [0.1, 0.15) is 19.8 Å². The zero-order chi connectivity index (χ0) is 10.6. The van der Waals surface area contributed by atoms with E-state index in [1.807, 2.05) is 0 Å². The van der Waals surface area contributed by atoms with Gasteiger partial charge in [-0.25, -0.2) is 0 Å². The van der Waals surface area contributed by atoms with Gasteiger partial charge in [0, 0.05) is 25.2 Å². The van der Waals surface area contributed by atoms with Crippen LogP contribution in [-0.4, -0.2) is 45.4 Å². The highest BCUT2D eigenvalue weighted by molar-refractivity contribution is 5.88. The van der Waals surface area contributed by atoms with Crippen LogP contribution in [0.4, 0.5) is 0 Å². The number of nitrogens with one attached hydrogen (secondary N) is 1. The highest BCUT2D eigenvalue weighted by Gasteiger charge is 2.32. The molecular weight excluding hydrogens is 192 g/mol. The summed E-state index contributed by atoms with van der Waals surface area (Å²) in [6, 6.07) is 0. The van der Waals surface area contributed by atoms with Crippen LogP contribution in [0.3, 0.4) is 0 Å². The summed E-state index contributed by atoms with van der Waals surface area (Å²) >= 11 is 0. The summed E-state index contributed by atoms with van der Waals surface area (Å²) in [6.45, 7) is 7.17. The average molecular weight is 212 g/mol. The molecule has 0 aromatic carbocycles. The Morgan fingerprint density at radius 1 is 1.13 bits per heavy atom. The van der Waals surface area contributed by atoms with Gasteiger partial charge in [0.1, 0.15) is 5.84 Å². The lowest BCUT2D eigenvalue weighted by Gasteiger charge is -2.35. The van der Waals surface area contributed by atoms with E-state index in [1.54, 1.807) is 0 Å². The van der Waals surface area contributed by atoms with Gasteiger partial charge in [0.15, 0.2) is 0 Å². The number of amidine groups is 1. The van der Waals surface area contributed by atoms with Crippen LogP contribution in [0.25, 0.3) is 0 Å². The number of hydrogen-bond donors (Lipinski definition) is 1. The van der Waals surface area contributed by atoms with Gasteiger partial charge in [0.05, 0.1) is 19.8 Å². The molecule has 1 fully saturated rings. The van der Waals surface area contributed by atoms with E-state index in [2.05, 4.69) is 17.2 Å². The Kier molecular flexibility index (Phi) is 3.59. The van der Waals surface area contributed by atoms with E-state index >= 15 is 0 Å². The number of hydrogen-bond acceptors (Lipinski definition) is 4. The third kappa shape index (κ3) is 2.69. The second-order valence-electron chi connectivity index (χ2n) is 4.44. The van der Waals surface area contributed by atoms with Crippen LogP contribution in [0.2, 0.25) is 0 Å². The number of rotatable bonds is 1. The molecule has 15 heavy (non-hydrogen) atoms. The second kappa shape index (κ2) is 4.94. The summed E-state index contributed by atoms with van der Waals surface area (Å²) in [4.78, 5) is 4.60. The molecule has 0 unspecified atom stereocenters. The minimum Gasteiger partial charge on any atom is -0.381 e. The topological polar surface area (TPSA) is 42.8 Å². The molecule has 0 aromatic heterocycles. The minimum atomic E-state index is 0.190. The van der Waals surface area contributed by atoms with Crippen molar-refractivity contribution in [3.63, 3.8) is 0 Å². The van der Waals surface area contributed by atoms with Gasteiger partial charge in [-0.05, 0) is 12.8 Å². The molecule has 1 N–H and O–H groups in total. The number of aliphatic imine (C=N–C) groups is 1. The van der Waals surface area contributed by atoms with Crippen LogP contribution in [0.5, 0.6) is 0 Å². The van der Waals surface area contributed by atoms with Crippen molar-refractivity contribution in [3.05, 3.63) is 0 Å². The molecule has 4 heteroatoms. The lowest BCUT2D eigenvalue weighted by atomic mass is 9.81. The normalized spacial score (nSPS) is 27.1. The first kappa shape index (κ1) is 10.9.